The molecule has 5 heteroatoms. The predicted molar refractivity (Wildman–Crippen MR) is 74.7 cm³/mol. The van der Waals surface area contributed by atoms with Gasteiger partial charge in [-0.05, 0) is 30.9 Å². The van der Waals surface area contributed by atoms with E-state index in [9.17, 15) is 9.59 Å². The molecule has 2 unspecified atom stereocenters. The first-order valence-corrected chi connectivity index (χ1v) is 6.97. The number of hydrogen-bond acceptors (Lipinski definition) is 3. The van der Waals surface area contributed by atoms with Crippen molar-refractivity contribution in [1.29, 1.82) is 0 Å². The van der Waals surface area contributed by atoms with Crippen molar-refractivity contribution in [2.75, 3.05) is 7.05 Å². The molecule has 20 heavy (non-hydrogen) atoms. The zero-order valence-electron chi connectivity index (χ0n) is 11.9. The van der Waals surface area contributed by atoms with Gasteiger partial charge in [-0.15, -0.1) is 0 Å². The maximum Gasteiger partial charge on any atom is 0.335 e. The predicted octanol–water partition coefficient (Wildman–Crippen LogP) is 2.43. The quantitative estimate of drug-likeness (QED) is 0.920. The fourth-order valence-electron chi connectivity index (χ4n) is 2.88. The van der Waals surface area contributed by atoms with E-state index in [-0.39, 0.29) is 23.2 Å². The van der Waals surface area contributed by atoms with Crippen molar-refractivity contribution < 1.29 is 14.7 Å². The smallest absolute Gasteiger partial charge is 0.335 e. The van der Waals surface area contributed by atoms with Crippen molar-refractivity contribution in [3.63, 3.8) is 0 Å². The zero-order valence-corrected chi connectivity index (χ0v) is 11.9. The second-order valence-corrected chi connectivity index (χ2v) is 5.48. The van der Waals surface area contributed by atoms with Crippen LogP contribution in [-0.4, -0.2) is 40.0 Å². The summed E-state index contributed by atoms with van der Waals surface area (Å²) in [7, 11) is 1.78. The molecule has 1 amide bonds. The number of carbonyl (C=O) groups excluding carboxylic acids is 1. The highest BCUT2D eigenvalue weighted by Gasteiger charge is 2.29. The van der Waals surface area contributed by atoms with E-state index in [2.05, 4.69) is 11.9 Å². The molecule has 0 aromatic carbocycles. The van der Waals surface area contributed by atoms with Crippen LogP contribution in [0.3, 0.4) is 0 Å². The highest BCUT2D eigenvalue weighted by Crippen LogP contribution is 2.28. The fraction of sp³-hybridized carbons (Fsp3) is 0.533. The molecule has 2 rings (SSSR count). The molecule has 1 aliphatic rings. The van der Waals surface area contributed by atoms with Gasteiger partial charge in [-0.2, -0.15) is 0 Å². The van der Waals surface area contributed by atoms with E-state index in [1.807, 2.05) is 0 Å². The Morgan fingerprint density at radius 2 is 2.05 bits per heavy atom. The summed E-state index contributed by atoms with van der Waals surface area (Å²) in [6, 6.07) is 2.95. The summed E-state index contributed by atoms with van der Waals surface area (Å²) < 4.78 is 0. The third-order valence-electron chi connectivity index (χ3n) is 4.11. The van der Waals surface area contributed by atoms with Gasteiger partial charge in [0.15, 0.2) is 0 Å². The second-order valence-electron chi connectivity index (χ2n) is 5.48. The largest absolute Gasteiger partial charge is 0.478 e. The molecule has 0 saturated heterocycles. The monoisotopic (exact) mass is 276 g/mol. The molecule has 1 heterocycles. The Morgan fingerprint density at radius 1 is 1.35 bits per heavy atom. The van der Waals surface area contributed by atoms with Crippen LogP contribution in [0.15, 0.2) is 18.3 Å². The van der Waals surface area contributed by atoms with E-state index in [0.717, 1.165) is 19.3 Å². The van der Waals surface area contributed by atoms with E-state index >= 15 is 0 Å². The minimum absolute atomic E-state index is 0.0912. The standard InChI is InChI=1S/C15H20N2O3/c1-10-5-3-4-6-13(10)17(2)14(18)12-9-11(15(19)20)7-8-16-12/h7-10,13H,3-6H2,1-2H3,(H,19,20). The lowest BCUT2D eigenvalue weighted by Gasteiger charge is -2.36. The number of hydrogen-bond donors (Lipinski definition) is 1. The molecule has 1 aromatic rings. The lowest BCUT2D eigenvalue weighted by atomic mass is 9.85. The van der Waals surface area contributed by atoms with Gasteiger partial charge in [0.2, 0.25) is 0 Å². The number of nitrogens with zero attached hydrogens (tertiary/aromatic N) is 2. The molecule has 0 spiro atoms. The number of amides is 1. The Balaban J connectivity index is 2.17. The summed E-state index contributed by atoms with van der Waals surface area (Å²) in [5, 5.41) is 8.97. The van der Waals surface area contributed by atoms with E-state index in [0.29, 0.717) is 5.92 Å². The summed E-state index contributed by atoms with van der Waals surface area (Å²) in [5.41, 5.74) is 0.290. The Kier molecular flexibility index (Phi) is 4.37. The molecule has 0 radical (unpaired) electrons. The van der Waals surface area contributed by atoms with Gasteiger partial charge in [-0.25, -0.2) is 4.79 Å². The summed E-state index contributed by atoms with van der Waals surface area (Å²) in [6.45, 7) is 2.16. The first-order valence-electron chi connectivity index (χ1n) is 6.97. The maximum atomic E-state index is 12.4. The second kappa shape index (κ2) is 6.03. The lowest BCUT2D eigenvalue weighted by Crippen LogP contribution is -2.42. The minimum Gasteiger partial charge on any atom is -0.478 e. The maximum absolute atomic E-state index is 12.4. The van der Waals surface area contributed by atoms with Gasteiger partial charge in [-0.1, -0.05) is 19.8 Å². The summed E-state index contributed by atoms with van der Waals surface area (Å²) in [6.07, 6.45) is 5.85. The van der Waals surface area contributed by atoms with Gasteiger partial charge >= 0.3 is 5.97 Å². The van der Waals surface area contributed by atoms with E-state index < -0.39 is 5.97 Å². The van der Waals surface area contributed by atoms with Crippen LogP contribution in [-0.2, 0) is 0 Å². The number of carbonyl (C=O) groups is 2. The van der Waals surface area contributed by atoms with Gasteiger partial charge in [0.1, 0.15) is 5.69 Å². The van der Waals surface area contributed by atoms with Crippen LogP contribution >= 0.6 is 0 Å². The van der Waals surface area contributed by atoms with Crippen LogP contribution in [0.1, 0.15) is 53.5 Å². The molecule has 5 nitrogen and oxygen atoms in total. The number of carboxylic acids is 1. The van der Waals surface area contributed by atoms with Crippen LogP contribution in [0.25, 0.3) is 0 Å². The number of rotatable bonds is 3. The van der Waals surface area contributed by atoms with Gasteiger partial charge in [0.25, 0.3) is 5.91 Å². The van der Waals surface area contributed by atoms with Crippen molar-refractivity contribution in [3.05, 3.63) is 29.6 Å². The Morgan fingerprint density at radius 3 is 2.70 bits per heavy atom. The number of carboxylic acid groups (broad SMARTS) is 1. The summed E-state index contributed by atoms with van der Waals surface area (Å²) >= 11 is 0. The number of aromatic nitrogens is 1. The van der Waals surface area contributed by atoms with Crippen molar-refractivity contribution in [2.45, 2.75) is 38.6 Å². The highest BCUT2D eigenvalue weighted by atomic mass is 16.4. The SMILES string of the molecule is CC1CCCCC1N(C)C(=O)c1cc(C(=O)O)ccn1. The Labute approximate surface area is 118 Å². The van der Waals surface area contributed by atoms with Crippen molar-refractivity contribution in [3.8, 4) is 0 Å². The Hall–Kier alpha value is -1.91. The van der Waals surface area contributed by atoms with Crippen molar-refractivity contribution >= 4 is 11.9 Å². The third kappa shape index (κ3) is 2.98. The van der Waals surface area contributed by atoms with Crippen LogP contribution in [0.5, 0.6) is 0 Å². The third-order valence-corrected chi connectivity index (χ3v) is 4.11. The first kappa shape index (κ1) is 14.5. The molecule has 1 aromatic heterocycles. The molecular formula is C15H20N2O3. The summed E-state index contributed by atoms with van der Waals surface area (Å²) in [5.74, 6) is -0.776. The molecule has 108 valence electrons. The first-order chi connectivity index (χ1) is 9.50. The Bertz CT molecular complexity index is 516. The van der Waals surface area contributed by atoms with Crippen molar-refractivity contribution in [1.82, 2.24) is 9.88 Å². The molecule has 0 bridgehead atoms. The zero-order chi connectivity index (χ0) is 14.7. The average Bonchev–Trinajstić information content (AvgIpc) is 2.46. The van der Waals surface area contributed by atoms with Crippen LogP contribution in [0.4, 0.5) is 0 Å². The minimum atomic E-state index is -1.05. The topological polar surface area (TPSA) is 70.5 Å². The van der Waals surface area contributed by atoms with E-state index in [4.69, 9.17) is 5.11 Å². The van der Waals surface area contributed by atoms with Gasteiger partial charge < -0.3 is 10.0 Å². The van der Waals surface area contributed by atoms with E-state index in [1.54, 1.807) is 11.9 Å². The van der Waals surface area contributed by atoms with Gasteiger partial charge in [-0.3, -0.25) is 9.78 Å². The average molecular weight is 276 g/mol. The molecule has 1 saturated carbocycles. The van der Waals surface area contributed by atoms with Gasteiger partial charge in [0, 0.05) is 19.3 Å². The number of aromatic carboxylic acids is 1. The molecule has 1 N–H and O–H groups in total. The summed E-state index contributed by atoms with van der Waals surface area (Å²) in [4.78, 5) is 29.1. The van der Waals surface area contributed by atoms with Crippen LogP contribution in [0.2, 0.25) is 0 Å². The molecule has 1 aliphatic carbocycles. The fourth-order valence-corrected chi connectivity index (χ4v) is 2.88. The molecule has 0 aliphatic heterocycles. The van der Waals surface area contributed by atoms with Crippen LogP contribution in [0, 0.1) is 5.92 Å². The van der Waals surface area contributed by atoms with Crippen molar-refractivity contribution in [2.24, 2.45) is 5.92 Å². The highest BCUT2D eigenvalue weighted by molar-refractivity contribution is 5.95. The molecule has 1 fully saturated rings. The van der Waals surface area contributed by atoms with Crippen LogP contribution < -0.4 is 0 Å². The molecular weight excluding hydrogens is 256 g/mol. The number of pyridine rings is 1. The van der Waals surface area contributed by atoms with E-state index in [1.165, 1.54) is 24.8 Å². The lowest BCUT2D eigenvalue weighted by molar-refractivity contribution is 0.0623. The molecule has 2 atom stereocenters. The van der Waals surface area contributed by atoms with Gasteiger partial charge in [0.05, 0.1) is 5.56 Å². The normalized spacial score (nSPS) is 22.3.